The highest BCUT2D eigenvalue weighted by Gasteiger charge is 2.45. The lowest BCUT2D eigenvalue weighted by Gasteiger charge is -2.39. The third-order valence-corrected chi connectivity index (χ3v) is 7.22. The van der Waals surface area contributed by atoms with Crippen molar-refractivity contribution in [2.45, 2.75) is 49.6 Å². The summed E-state index contributed by atoms with van der Waals surface area (Å²) in [6.07, 6.45) is -1.93. The maximum absolute atomic E-state index is 13.4. The first-order valence-corrected chi connectivity index (χ1v) is 12.9. The van der Waals surface area contributed by atoms with Crippen molar-refractivity contribution in [2.75, 3.05) is 11.5 Å². The van der Waals surface area contributed by atoms with Gasteiger partial charge >= 0.3 is 5.97 Å². The number of nitrogens with zero attached hydrogens (tertiary/aromatic N) is 2. The molecule has 2 aromatic carbocycles. The van der Waals surface area contributed by atoms with Crippen LogP contribution in [0.3, 0.4) is 0 Å². The Morgan fingerprint density at radius 2 is 1.88 bits per heavy atom. The van der Waals surface area contributed by atoms with Gasteiger partial charge in [0.05, 0.1) is 18.6 Å². The van der Waals surface area contributed by atoms with Gasteiger partial charge in [-0.15, -0.1) is 0 Å². The minimum atomic E-state index is -1.76. The summed E-state index contributed by atoms with van der Waals surface area (Å²) < 4.78 is 10.9. The molecule has 5 rings (SSSR count). The number of amides is 1. The number of ether oxygens (including phenoxy) is 2. The van der Waals surface area contributed by atoms with Crippen LogP contribution in [-0.2, 0) is 27.2 Å². The van der Waals surface area contributed by atoms with Gasteiger partial charge in [0.1, 0.15) is 36.2 Å². The van der Waals surface area contributed by atoms with Crippen molar-refractivity contribution in [2.24, 2.45) is 0 Å². The van der Waals surface area contributed by atoms with E-state index >= 15 is 0 Å². The molecule has 0 aliphatic carbocycles. The molecule has 14 nitrogen and oxygen atoms in total. The minimum absolute atomic E-state index is 0.0548. The second-order valence-electron chi connectivity index (χ2n) is 10.0. The van der Waals surface area contributed by atoms with Gasteiger partial charge in [0, 0.05) is 42.4 Å². The number of benzene rings is 2. The quantitative estimate of drug-likeness (QED) is 0.159. The van der Waals surface area contributed by atoms with Gasteiger partial charge in [-0.1, -0.05) is 6.07 Å². The maximum atomic E-state index is 13.4. The molecule has 1 fully saturated rings. The number of hydrogen-bond acceptors (Lipinski definition) is 11. The highest BCUT2D eigenvalue weighted by Crippen LogP contribution is 2.42. The summed E-state index contributed by atoms with van der Waals surface area (Å²) in [5, 5.41) is 70.4. The van der Waals surface area contributed by atoms with E-state index in [0.29, 0.717) is 23.1 Å². The number of aromatic hydroxyl groups is 2. The van der Waals surface area contributed by atoms with E-state index in [1.54, 1.807) is 18.3 Å². The van der Waals surface area contributed by atoms with Crippen molar-refractivity contribution in [3.05, 3.63) is 71.3 Å². The lowest BCUT2D eigenvalue weighted by molar-refractivity contribution is -0.277. The van der Waals surface area contributed by atoms with Crippen molar-refractivity contribution in [1.82, 2.24) is 9.97 Å². The molecule has 6 unspecified atom stereocenters. The predicted octanol–water partition coefficient (Wildman–Crippen LogP) is -0.354. The Kier molecular flexibility index (Phi) is 8.15. The SMILES string of the molecule is O=C(O)C1Cc2cc(O)c(OC3OC(CO)C(O)C(O)C3O)cc2N1C(=O)C=Cc1ccc(O)c(Cc2cnc[nH]2)c1. The number of aliphatic hydroxyl groups is 4. The summed E-state index contributed by atoms with van der Waals surface area (Å²) in [6, 6.07) is 5.89. The molecule has 222 valence electrons. The van der Waals surface area contributed by atoms with E-state index < -0.39 is 61.0 Å². The highest BCUT2D eigenvalue weighted by atomic mass is 16.7. The Bertz CT molecular complexity index is 1490. The zero-order chi connectivity index (χ0) is 30.1. The number of hydrogen-bond donors (Lipinski definition) is 8. The lowest BCUT2D eigenvalue weighted by atomic mass is 9.99. The van der Waals surface area contributed by atoms with Gasteiger partial charge < -0.3 is 50.2 Å². The molecule has 2 aliphatic heterocycles. The summed E-state index contributed by atoms with van der Waals surface area (Å²) in [5.74, 6) is -2.66. The van der Waals surface area contributed by atoms with Gasteiger partial charge in [-0.3, -0.25) is 9.69 Å². The summed E-state index contributed by atoms with van der Waals surface area (Å²) in [5.41, 5.74) is 2.38. The molecule has 1 aromatic heterocycles. The predicted molar refractivity (Wildman–Crippen MR) is 144 cm³/mol. The van der Waals surface area contributed by atoms with Crippen LogP contribution in [0.15, 0.2) is 48.9 Å². The summed E-state index contributed by atoms with van der Waals surface area (Å²) >= 11 is 0. The summed E-state index contributed by atoms with van der Waals surface area (Å²) in [4.78, 5) is 33.4. The van der Waals surface area contributed by atoms with Crippen molar-refractivity contribution in [3.8, 4) is 17.2 Å². The molecule has 1 saturated heterocycles. The molecular formula is C28H29N3O11. The summed E-state index contributed by atoms with van der Waals surface area (Å²) in [7, 11) is 0. The van der Waals surface area contributed by atoms with Gasteiger partial charge in [-0.25, -0.2) is 9.78 Å². The van der Waals surface area contributed by atoms with Crippen molar-refractivity contribution >= 4 is 23.6 Å². The number of phenols is 2. The van der Waals surface area contributed by atoms with Crippen LogP contribution < -0.4 is 9.64 Å². The van der Waals surface area contributed by atoms with Crippen LogP contribution in [0.5, 0.6) is 17.2 Å². The fourth-order valence-corrected chi connectivity index (χ4v) is 5.00. The second kappa shape index (κ2) is 11.8. The number of phenolic OH excluding ortho intramolecular Hbond substituents is 2. The number of fused-ring (bicyclic) bond motifs is 1. The third kappa shape index (κ3) is 5.66. The number of carbonyl (C=O) groups is 2. The average Bonchev–Trinajstić information content (AvgIpc) is 3.61. The first-order valence-electron chi connectivity index (χ1n) is 12.9. The number of aliphatic hydroxyl groups excluding tert-OH is 4. The number of imidazole rings is 1. The molecular weight excluding hydrogens is 554 g/mol. The Balaban J connectivity index is 1.40. The van der Waals surface area contributed by atoms with Crippen LogP contribution in [0, 0.1) is 0 Å². The molecule has 42 heavy (non-hydrogen) atoms. The van der Waals surface area contributed by atoms with Crippen LogP contribution in [0.4, 0.5) is 5.69 Å². The number of anilines is 1. The fraction of sp³-hybridized carbons (Fsp3) is 0.321. The molecule has 0 saturated carbocycles. The van der Waals surface area contributed by atoms with E-state index in [1.807, 2.05) is 0 Å². The van der Waals surface area contributed by atoms with Gasteiger partial charge in [0.15, 0.2) is 11.5 Å². The first-order chi connectivity index (χ1) is 20.1. The Morgan fingerprint density at radius 3 is 2.57 bits per heavy atom. The highest BCUT2D eigenvalue weighted by molar-refractivity contribution is 6.09. The smallest absolute Gasteiger partial charge is 0.327 e. The molecule has 1 amide bonds. The average molecular weight is 584 g/mol. The number of aromatic amines is 1. The second-order valence-corrected chi connectivity index (χ2v) is 10.0. The largest absolute Gasteiger partial charge is 0.508 e. The number of carbonyl (C=O) groups excluding carboxylic acids is 1. The van der Waals surface area contributed by atoms with Crippen molar-refractivity contribution < 1.29 is 54.8 Å². The summed E-state index contributed by atoms with van der Waals surface area (Å²) in [6.45, 7) is -0.693. The van der Waals surface area contributed by atoms with Crippen LogP contribution in [0.1, 0.15) is 22.4 Å². The molecule has 2 aliphatic rings. The molecule has 14 heteroatoms. The van der Waals surface area contributed by atoms with Crippen LogP contribution in [-0.4, -0.2) is 101 Å². The Labute approximate surface area is 238 Å². The monoisotopic (exact) mass is 583 g/mol. The molecule has 8 N–H and O–H groups in total. The van der Waals surface area contributed by atoms with E-state index in [-0.39, 0.29) is 23.6 Å². The maximum Gasteiger partial charge on any atom is 0.327 e. The van der Waals surface area contributed by atoms with E-state index in [0.717, 1.165) is 10.6 Å². The van der Waals surface area contributed by atoms with Crippen LogP contribution in [0.2, 0.25) is 0 Å². The lowest BCUT2D eigenvalue weighted by Crippen LogP contribution is -2.60. The third-order valence-electron chi connectivity index (χ3n) is 7.22. The van der Waals surface area contributed by atoms with Crippen molar-refractivity contribution in [3.63, 3.8) is 0 Å². The van der Waals surface area contributed by atoms with E-state index in [9.17, 15) is 45.3 Å². The molecule has 6 atom stereocenters. The zero-order valence-corrected chi connectivity index (χ0v) is 21.9. The fourth-order valence-electron chi connectivity index (χ4n) is 5.00. The molecule has 0 spiro atoms. The van der Waals surface area contributed by atoms with E-state index in [2.05, 4.69) is 9.97 Å². The number of H-pyrrole nitrogens is 1. The normalized spacial score (nSPS) is 25.5. The number of carboxylic acid groups (broad SMARTS) is 1. The standard InChI is InChI=1S/C28H29N3O11/c32-11-22-24(36)25(37)26(38)28(42-22)41-21-9-17-14(8-20(21)34)7-18(27(39)40)31(17)23(35)4-2-13-1-3-19(33)15(5-13)6-16-10-29-12-30-16/h1-5,8-10,12,18,22,24-26,28,32-34,36-38H,6-7,11H2,(H,29,30)(H,39,40). The minimum Gasteiger partial charge on any atom is -0.508 e. The van der Waals surface area contributed by atoms with E-state index in [1.165, 1.54) is 36.7 Å². The van der Waals surface area contributed by atoms with Gasteiger partial charge in [0.2, 0.25) is 6.29 Å². The topological polar surface area (TPSA) is 226 Å². The van der Waals surface area contributed by atoms with E-state index in [4.69, 9.17) is 9.47 Å². The number of carboxylic acids is 1. The van der Waals surface area contributed by atoms with Crippen LogP contribution in [0.25, 0.3) is 6.08 Å². The van der Waals surface area contributed by atoms with Gasteiger partial charge in [-0.05, 0) is 35.4 Å². The first kappa shape index (κ1) is 29.0. The zero-order valence-electron chi connectivity index (χ0n) is 21.9. The number of rotatable bonds is 8. The number of aromatic nitrogens is 2. The Hall–Kier alpha value is -4.47. The number of aliphatic carboxylic acids is 1. The molecule has 3 heterocycles. The van der Waals surface area contributed by atoms with Crippen LogP contribution >= 0.6 is 0 Å². The molecule has 0 radical (unpaired) electrons. The van der Waals surface area contributed by atoms with Crippen molar-refractivity contribution in [1.29, 1.82) is 0 Å². The molecule has 3 aromatic rings. The van der Waals surface area contributed by atoms with Gasteiger partial charge in [0.25, 0.3) is 5.91 Å². The Morgan fingerprint density at radius 1 is 1.10 bits per heavy atom. The number of nitrogens with one attached hydrogen (secondary N) is 1. The molecule has 0 bridgehead atoms. The van der Waals surface area contributed by atoms with Gasteiger partial charge in [-0.2, -0.15) is 0 Å².